The second-order valence-corrected chi connectivity index (χ2v) is 5.03. The number of ketones is 1. The van der Waals surface area contributed by atoms with Crippen molar-refractivity contribution in [2.75, 3.05) is 19.6 Å². The minimum Gasteiger partial charge on any atom is -0.461 e. The van der Waals surface area contributed by atoms with Gasteiger partial charge < -0.3 is 4.42 Å². The van der Waals surface area contributed by atoms with Gasteiger partial charge in [-0.05, 0) is 36.6 Å². The highest BCUT2D eigenvalue weighted by atomic mass is 16.3. The summed E-state index contributed by atoms with van der Waals surface area (Å²) in [5.74, 6) is 1.08. The molecule has 19 heavy (non-hydrogen) atoms. The maximum Gasteiger partial charge on any atom is 0.211 e. The molecule has 3 nitrogen and oxygen atoms in total. The molecule has 0 spiro atoms. The van der Waals surface area contributed by atoms with Crippen LogP contribution >= 0.6 is 0 Å². The van der Waals surface area contributed by atoms with E-state index >= 15 is 0 Å². The first-order valence-electron chi connectivity index (χ1n) is 6.67. The monoisotopic (exact) mass is 255 g/mol. The van der Waals surface area contributed by atoms with Gasteiger partial charge in [0, 0.05) is 6.54 Å². The topological polar surface area (TPSA) is 33.5 Å². The van der Waals surface area contributed by atoms with Crippen LogP contribution in [0.2, 0.25) is 0 Å². The molecule has 0 N–H and O–H groups in total. The van der Waals surface area contributed by atoms with Gasteiger partial charge in [-0.2, -0.15) is 0 Å². The number of furan rings is 1. The number of hydrogen-bond donors (Lipinski definition) is 0. The van der Waals surface area contributed by atoms with Crippen LogP contribution in [-0.2, 0) is 0 Å². The molecule has 1 saturated heterocycles. The zero-order valence-electron chi connectivity index (χ0n) is 10.8. The summed E-state index contributed by atoms with van der Waals surface area (Å²) in [6, 6.07) is 14.0. The first-order valence-corrected chi connectivity index (χ1v) is 6.67. The average Bonchev–Trinajstić information content (AvgIpc) is 3.11. The van der Waals surface area contributed by atoms with Crippen molar-refractivity contribution >= 4 is 5.78 Å². The van der Waals surface area contributed by atoms with Gasteiger partial charge in [-0.1, -0.05) is 30.3 Å². The predicted octanol–water partition coefficient (Wildman–Crippen LogP) is 2.95. The number of carbonyl (C=O) groups is 1. The highest BCUT2D eigenvalue weighted by Gasteiger charge is 2.25. The van der Waals surface area contributed by atoms with Crippen molar-refractivity contribution in [3.05, 3.63) is 60.1 Å². The first kappa shape index (κ1) is 12.2. The van der Waals surface area contributed by atoms with Gasteiger partial charge in [0.05, 0.1) is 12.8 Å². The Balaban J connectivity index is 1.59. The maximum atomic E-state index is 12.0. The summed E-state index contributed by atoms with van der Waals surface area (Å²) in [5, 5.41) is 0. The van der Waals surface area contributed by atoms with Gasteiger partial charge in [0.2, 0.25) is 5.78 Å². The van der Waals surface area contributed by atoms with Gasteiger partial charge in [-0.3, -0.25) is 9.69 Å². The van der Waals surface area contributed by atoms with Crippen LogP contribution < -0.4 is 0 Å². The lowest BCUT2D eigenvalue weighted by Crippen LogP contribution is -2.27. The van der Waals surface area contributed by atoms with Gasteiger partial charge in [0.1, 0.15) is 0 Å². The van der Waals surface area contributed by atoms with Crippen LogP contribution in [0.1, 0.15) is 28.5 Å². The van der Waals surface area contributed by atoms with Crippen molar-refractivity contribution < 1.29 is 9.21 Å². The molecule has 98 valence electrons. The second kappa shape index (κ2) is 5.41. The molecule has 1 unspecified atom stereocenters. The standard InChI is InChI=1S/C16H17NO2/c18-15(16-7-4-10-19-16)12-17-9-8-14(11-17)13-5-2-1-3-6-13/h1-7,10,14H,8-9,11-12H2. The number of rotatable bonds is 4. The lowest BCUT2D eigenvalue weighted by Gasteiger charge is -2.14. The van der Waals surface area contributed by atoms with Crippen molar-refractivity contribution in [2.45, 2.75) is 12.3 Å². The Bertz CT molecular complexity index is 533. The molecular formula is C16H17NO2. The summed E-state index contributed by atoms with van der Waals surface area (Å²) in [6.45, 7) is 2.39. The minimum atomic E-state index is 0.0683. The molecule has 0 radical (unpaired) electrons. The molecule has 0 aliphatic carbocycles. The van der Waals surface area contributed by atoms with E-state index in [9.17, 15) is 4.79 Å². The molecule has 3 heteroatoms. The highest BCUT2D eigenvalue weighted by Crippen LogP contribution is 2.26. The van der Waals surface area contributed by atoms with E-state index in [2.05, 4.69) is 29.2 Å². The van der Waals surface area contributed by atoms with Gasteiger partial charge in [0.15, 0.2) is 5.76 Å². The van der Waals surface area contributed by atoms with Gasteiger partial charge >= 0.3 is 0 Å². The molecule has 2 aromatic rings. The van der Waals surface area contributed by atoms with Crippen LogP contribution in [0.15, 0.2) is 53.1 Å². The normalized spacial score (nSPS) is 19.7. The molecule has 1 aliphatic heterocycles. The molecule has 2 heterocycles. The van der Waals surface area contributed by atoms with Crippen molar-refractivity contribution in [1.29, 1.82) is 0 Å². The maximum absolute atomic E-state index is 12.0. The highest BCUT2D eigenvalue weighted by molar-refractivity contribution is 5.95. The molecule has 1 aromatic carbocycles. The van der Waals surface area contributed by atoms with Crippen LogP contribution in [0, 0.1) is 0 Å². The summed E-state index contributed by atoms with van der Waals surface area (Å²) < 4.78 is 5.14. The summed E-state index contributed by atoms with van der Waals surface area (Å²) in [7, 11) is 0. The number of nitrogens with zero attached hydrogens (tertiary/aromatic N) is 1. The lowest BCUT2D eigenvalue weighted by atomic mass is 9.99. The third kappa shape index (κ3) is 2.76. The Hall–Kier alpha value is -1.87. The fourth-order valence-corrected chi connectivity index (χ4v) is 2.69. The van der Waals surface area contributed by atoms with Gasteiger partial charge in [-0.15, -0.1) is 0 Å². The Morgan fingerprint density at radius 2 is 2.05 bits per heavy atom. The molecule has 1 aromatic heterocycles. The van der Waals surface area contributed by atoms with Crippen LogP contribution in [0.25, 0.3) is 0 Å². The molecule has 3 rings (SSSR count). The predicted molar refractivity (Wildman–Crippen MR) is 73.3 cm³/mol. The van der Waals surface area contributed by atoms with Crippen LogP contribution in [0.4, 0.5) is 0 Å². The summed E-state index contributed by atoms with van der Waals surface area (Å²) in [6.07, 6.45) is 2.67. The average molecular weight is 255 g/mol. The van der Waals surface area contributed by atoms with E-state index in [1.165, 1.54) is 5.56 Å². The lowest BCUT2D eigenvalue weighted by molar-refractivity contribution is 0.0917. The van der Waals surface area contributed by atoms with Crippen LogP contribution in [-0.4, -0.2) is 30.3 Å². The third-order valence-electron chi connectivity index (χ3n) is 3.71. The van der Waals surface area contributed by atoms with Crippen molar-refractivity contribution in [3.63, 3.8) is 0 Å². The van der Waals surface area contributed by atoms with Crippen molar-refractivity contribution in [2.24, 2.45) is 0 Å². The first-order chi connectivity index (χ1) is 9.33. The summed E-state index contributed by atoms with van der Waals surface area (Å²) in [4.78, 5) is 14.2. The van der Waals surface area contributed by atoms with E-state index < -0.39 is 0 Å². The quantitative estimate of drug-likeness (QED) is 0.788. The van der Waals surface area contributed by atoms with E-state index in [0.29, 0.717) is 18.2 Å². The zero-order chi connectivity index (χ0) is 13.1. The molecule has 0 bridgehead atoms. The minimum absolute atomic E-state index is 0.0683. The molecule has 0 saturated carbocycles. The second-order valence-electron chi connectivity index (χ2n) is 5.03. The Morgan fingerprint density at radius 3 is 2.79 bits per heavy atom. The van der Waals surface area contributed by atoms with Gasteiger partial charge in [-0.25, -0.2) is 0 Å². The number of carbonyl (C=O) groups excluding carboxylic acids is 1. The largest absolute Gasteiger partial charge is 0.461 e. The zero-order valence-corrected chi connectivity index (χ0v) is 10.8. The number of benzene rings is 1. The smallest absolute Gasteiger partial charge is 0.211 e. The van der Waals surface area contributed by atoms with E-state index in [4.69, 9.17) is 4.42 Å². The molecule has 1 aliphatic rings. The van der Waals surface area contributed by atoms with Crippen molar-refractivity contribution in [3.8, 4) is 0 Å². The SMILES string of the molecule is O=C(CN1CCC(c2ccccc2)C1)c1ccco1. The molecule has 1 fully saturated rings. The Kier molecular flexibility index (Phi) is 3.47. The van der Waals surface area contributed by atoms with E-state index in [1.807, 2.05) is 6.07 Å². The van der Waals surface area contributed by atoms with E-state index in [-0.39, 0.29) is 5.78 Å². The fraction of sp³-hybridized carbons (Fsp3) is 0.312. The van der Waals surface area contributed by atoms with Crippen LogP contribution in [0.5, 0.6) is 0 Å². The van der Waals surface area contributed by atoms with Crippen LogP contribution in [0.3, 0.4) is 0 Å². The Morgan fingerprint density at radius 1 is 1.21 bits per heavy atom. The Labute approximate surface area is 112 Å². The number of likely N-dealkylation sites (tertiary alicyclic amines) is 1. The van der Waals surface area contributed by atoms with Crippen molar-refractivity contribution in [1.82, 2.24) is 4.90 Å². The molecule has 1 atom stereocenters. The fourth-order valence-electron chi connectivity index (χ4n) is 2.69. The van der Waals surface area contributed by atoms with E-state index in [1.54, 1.807) is 18.4 Å². The van der Waals surface area contributed by atoms with E-state index in [0.717, 1.165) is 19.5 Å². The number of hydrogen-bond acceptors (Lipinski definition) is 3. The summed E-state index contributed by atoms with van der Waals surface area (Å²) in [5.41, 5.74) is 1.37. The van der Waals surface area contributed by atoms with Gasteiger partial charge in [0.25, 0.3) is 0 Å². The number of Topliss-reactive ketones (excluding diaryl/α,β-unsaturated/α-hetero) is 1. The molecular weight excluding hydrogens is 238 g/mol. The third-order valence-corrected chi connectivity index (χ3v) is 3.71. The summed E-state index contributed by atoms with van der Waals surface area (Å²) >= 11 is 0. The molecule has 0 amide bonds.